The molecular weight excluding hydrogens is 288 g/mol. The van der Waals surface area contributed by atoms with Crippen LogP contribution < -0.4 is 0 Å². The predicted molar refractivity (Wildman–Crippen MR) is 90.2 cm³/mol. The average molecular weight is 314 g/mol. The van der Waals surface area contributed by atoms with E-state index < -0.39 is 0 Å². The molecule has 4 heteroatoms. The third-order valence-corrected chi connectivity index (χ3v) is 5.32. The molecule has 1 aromatic carbocycles. The Morgan fingerprint density at radius 2 is 1.70 bits per heavy atom. The Bertz CT molecular complexity index is 626. The van der Waals surface area contributed by atoms with E-state index in [1.54, 1.807) is 6.92 Å². The highest BCUT2D eigenvalue weighted by atomic mass is 16.2. The monoisotopic (exact) mass is 314 g/mol. The van der Waals surface area contributed by atoms with Gasteiger partial charge in [-0.15, -0.1) is 0 Å². The third-order valence-electron chi connectivity index (χ3n) is 5.32. The molecule has 1 heterocycles. The molecule has 4 nitrogen and oxygen atoms in total. The van der Waals surface area contributed by atoms with E-state index in [-0.39, 0.29) is 17.7 Å². The zero-order valence-corrected chi connectivity index (χ0v) is 14.3. The number of carbonyl (C=O) groups excluding carboxylic acids is 2. The Morgan fingerprint density at radius 1 is 1.00 bits per heavy atom. The van der Waals surface area contributed by atoms with Crippen LogP contribution in [0.1, 0.15) is 42.4 Å². The fourth-order valence-corrected chi connectivity index (χ4v) is 3.52. The third kappa shape index (κ3) is 3.41. The fourth-order valence-electron chi connectivity index (χ4n) is 3.52. The zero-order chi connectivity index (χ0) is 16.6. The average Bonchev–Trinajstić information content (AvgIpc) is 3.32. The first-order valence-electron chi connectivity index (χ1n) is 8.59. The second-order valence-corrected chi connectivity index (χ2v) is 6.98. The zero-order valence-electron chi connectivity index (χ0n) is 14.3. The molecule has 0 radical (unpaired) electrons. The van der Waals surface area contributed by atoms with E-state index in [9.17, 15) is 9.59 Å². The van der Waals surface area contributed by atoms with E-state index in [1.165, 1.54) is 16.7 Å². The summed E-state index contributed by atoms with van der Waals surface area (Å²) in [5, 5.41) is 0. The van der Waals surface area contributed by atoms with Crippen molar-refractivity contribution in [3.8, 4) is 0 Å². The Balaban J connectivity index is 1.61. The topological polar surface area (TPSA) is 40.6 Å². The molecule has 1 aliphatic heterocycles. The van der Waals surface area contributed by atoms with Crippen molar-refractivity contribution in [1.82, 2.24) is 9.80 Å². The van der Waals surface area contributed by atoms with E-state index in [2.05, 4.69) is 32.0 Å². The summed E-state index contributed by atoms with van der Waals surface area (Å²) in [6.07, 6.45) is 1.85. The van der Waals surface area contributed by atoms with Gasteiger partial charge in [0, 0.05) is 39.0 Å². The van der Waals surface area contributed by atoms with Crippen molar-refractivity contribution in [3.05, 3.63) is 34.9 Å². The van der Waals surface area contributed by atoms with Crippen molar-refractivity contribution in [2.75, 3.05) is 26.2 Å². The highest BCUT2D eigenvalue weighted by Crippen LogP contribution is 2.48. The smallest absolute Gasteiger partial charge is 0.226 e. The molecular formula is C19H26N2O2. The summed E-state index contributed by atoms with van der Waals surface area (Å²) in [4.78, 5) is 28.1. The van der Waals surface area contributed by atoms with Gasteiger partial charge in [-0.2, -0.15) is 0 Å². The molecule has 1 aromatic rings. The molecule has 124 valence electrons. The van der Waals surface area contributed by atoms with Crippen LogP contribution in [0.25, 0.3) is 0 Å². The predicted octanol–water partition coefficient (Wildman–Crippen LogP) is 2.49. The molecule has 1 aliphatic carbocycles. The molecule has 1 saturated carbocycles. The van der Waals surface area contributed by atoms with Gasteiger partial charge in [0.25, 0.3) is 0 Å². The Hall–Kier alpha value is -1.84. The van der Waals surface area contributed by atoms with Crippen LogP contribution in [0.2, 0.25) is 0 Å². The summed E-state index contributed by atoms with van der Waals surface area (Å²) in [5.41, 5.74) is 3.90. The van der Waals surface area contributed by atoms with Crippen LogP contribution in [0.4, 0.5) is 0 Å². The van der Waals surface area contributed by atoms with Crippen LogP contribution in [0.5, 0.6) is 0 Å². The number of amides is 2. The highest BCUT2D eigenvalue weighted by molar-refractivity contribution is 5.83. The van der Waals surface area contributed by atoms with Crippen LogP contribution in [0, 0.1) is 19.8 Å². The maximum Gasteiger partial charge on any atom is 0.226 e. The molecule has 23 heavy (non-hydrogen) atoms. The van der Waals surface area contributed by atoms with Gasteiger partial charge in [-0.3, -0.25) is 9.59 Å². The van der Waals surface area contributed by atoms with Crippen molar-refractivity contribution in [2.45, 2.75) is 39.5 Å². The molecule has 2 aliphatic rings. The number of rotatable bonds is 2. The summed E-state index contributed by atoms with van der Waals surface area (Å²) < 4.78 is 0. The lowest BCUT2D eigenvalue weighted by atomic mass is 10.0. The molecule has 2 atom stereocenters. The fraction of sp³-hybridized carbons (Fsp3) is 0.579. The molecule has 1 saturated heterocycles. The standard InChI is InChI=1S/C19H26N2O2/c1-13-5-6-16(11-14(13)2)17-12-18(17)19(23)21-8-4-7-20(9-10-21)15(3)22/h5-6,11,17-18H,4,7-10,12H2,1-3H3/t17-,18+/m0/s1. The van der Waals surface area contributed by atoms with Crippen LogP contribution in [0.3, 0.4) is 0 Å². The first kappa shape index (κ1) is 16.0. The minimum Gasteiger partial charge on any atom is -0.341 e. The van der Waals surface area contributed by atoms with E-state index in [1.807, 2.05) is 9.80 Å². The van der Waals surface area contributed by atoms with Gasteiger partial charge in [0.05, 0.1) is 0 Å². The molecule has 0 bridgehead atoms. The molecule has 0 spiro atoms. The van der Waals surface area contributed by atoms with Crippen molar-refractivity contribution in [2.24, 2.45) is 5.92 Å². The summed E-state index contributed by atoms with van der Waals surface area (Å²) in [6.45, 7) is 8.74. The van der Waals surface area contributed by atoms with Gasteiger partial charge in [-0.1, -0.05) is 18.2 Å². The summed E-state index contributed by atoms with van der Waals surface area (Å²) >= 11 is 0. The van der Waals surface area contributed by atoms with Crippen molar-refractivity contribution in [1.29, 1.82) is 0 Å². The maximum absolute atomic E-state index is 12.7. The Kier molecular flexibility index (Phi) is 4.42. The second kappa shape index (κ2) is 6.34. The largest absolute Gasteiger partial charge is 0.341 e. The minimum atomic E-state index is 0.110. The van der Waals surface area contributed by atoms with Crippen LogP contribution in [-0.2, 0) is 9.59 Å². The first-order chi connectivity index (χ1) is 11.0. The van der Waals surface area contributed by atoms with Gasteiger partial charge in [0.1, 0.15) is 0 Å². The minimum absolute atomic E-state index is 0.110. The van der Waals surface area contributed by atoms with E-state index in [0.717, 1.165) is 25.9 Å². The number of aryl methyl sites for hydroxylation is 2. The lowest BCUT2D eigenvalue weighted by Gasteiger charge is -2.21. The lowest BCUT2D eigenvalue weighted by molar-refractivity contribution is -0.133. The van der Waals surface area contributed by atoms with Gasteiger partial charge in [0.15, 0.2) is 0 Å². The summed E-state index contributed by atoms with van der Waals surface area (Å²) in [6, 6.07) is 6.55. The van der Waals surface area contributed by atoms with Crippen LogP contribution in [0.15, 0.2) is 18.2 Å². The van der Waals surface area contributed by atoms with Crippen molar-refractivity contribution in [3.63, 3.8) is 0 Å². The van der Waals surface area contributed by atoms with E-state index >= 15 is 0 Å². The molecule has 2 amide bonds. The van der Waals surface area contributed by atoms with Gasteiger partial charge in [0.2, 0.25) is 11.8 Å². The van der Waals surface area contributed by atoms with Crippen molar-refractivity contribution >= 4 is 11.8 Å². The number of benzene rings is 1. The quantitative estimate of drug-likeness (QED) is 0.841. The SMILES string of the molecule is CC(=O)N1CCCN(C(=O)[C@@H]2C[C@H]2c2ccc(C)c(C)c2)CC1. The normalized spacial score (nSPS) is 24.3. The Morgan fingerprint density at radius 3 is 2.39 bits per heavy atom. The van der Waals surface area contributed by atoms with Crippen LogP contribution >= 0.6 is 0 Å². The highest BCUT2D eigenvalue weighted by Gasteiger charge is 2.45. The molecule has 0 unspecified atom stereocenters. The van der Waals surface area contributed by atoms with Gasteiger partial charge in [-0.05, 0) is 49.3 Å². The molecule has 0 aromatic heterocycles. The molecule has 3 rings (SSSR count). The van der Waals surface area contributed by atoms with Gasteiger partial charge in [-0.25, -0.2) is 0 Å². The second-order valence-electron chi connectivity index (χ2n) is 6.98. The number of nitrogens with zero attached hydrogens (tertiary/aromatic N) is 2. The first-order valence-corrected chi connectivity index (χ1v) is 8.59. The Labute approximate surface area is 138 Å². The lowest BCUT2D eigenvalue weighted by Crippen LogP contribution is -2.37. The van der Waals surface area contributed by atoms with E-state index in [0.29, 0.717) is 19.0 Å². The molecule has 2 fully saturated rings. The number of hydrogen-bond acceptors (Lipinski definition) is 2. The van der Waals surface area contributed by atoms with Gasteiger partial charge < -0.3 is 9.80 Å². The summed E-state index contributed by atoms with van der Waals surface area (Å²) in [5.74, 6) is 0.910. The number of carbonyl (C=O) groups is 2. The van der Waals surface area contributed by atoms with E-state index in [4.69, 9.17) is 0 Å². The molecule has 0 N–H and O–H groups in total. The number of hydrogen-bond donors (Lipinski definition) is 0. The van der Waals surface area contributed by atoms with Crippen molar-refractivity contribution < 1.29 is 9.59 Å². The van der Waals surface area contributed by atoms with Gasteiger partial charge >= 0.3 is 0 Å². The maximum atomic E-state index is 12.7. The summed E-state index contributed by atoms with van der Waals surface area (Å²) in [7, 11) is 0. The van der Waals surface area contributed by atoms with Crippen LogP contribution in [-0.4, -0.2) is 47.8 Å².